The van der Waals surface area contributed by atoms with Gasteiger partial charge < -0.3 is 11.1 Å². The maximum Gasteiger partial charge on any atom is 0.00433 e. The first-order valence-electron chi connectivity index (χ1n) is 7.35. The van der Waals surface area contributed by atoms with Crippen molar-refractivity contribution >= 4 is 0 Å². The lowest BCUT2D eigenvalue weighted by molar-refractivity contribution is 0.421. The first-order valence-corrected chi connectivity index (χ1v) is 7.35. The largest absolute Gasteiger partial charge is 0.330 e. The van der Waals surface area contributed by atoms with E-state index in [2.05, 4.69) is 58.1 Å². The molecule has 1 atom stereocenters. The van der Waals surface area contributed by atoms with Gasteiger partial charge >= 0.3 is 0 Å². The number of nitrogens with two attached hydrogens (primary N) is 1. The Morgan fingerprint density at radius 2 is 1.95 bits per heavy atom. The molecule has 0 bridgehead atoms. The summed E-state index contributed by atoms with van der Waals surface area (Å²) in [6, 6.07) is 6.75. The van der Waals surface area contributed by atoms with Crippen LogP contribution in [0.5, 0.6) is 0 Å². The van der Waals surface area contributed by atoms with Crippen LogP contribution in [0, 0.1) is 19.8 Å². The van der Waals surface area contributed by atoms with Crippen molar-refractivity contribution in [1.29, 1.82) is 0 Å². The van der Waals surface area contributed by atoms with Crippen LogP contribution in [0.2, 0.25) is 0 Å². The van der Waals surface area contributed by atoms with Crippen molar-refractivity contribution in [2.24, 2.45) is 11.7 Å². The van der Waals surface area contributed by atoms with Crippen molar-refractivity contribution in [3.05, 3.63) is 34.9 Å². The Hall–Kier alpha value is -0.860. The molecule has 0 spiro atoms. The fourth-order valence-electron chi connectivity index (χ4n) is 2.69. The van der Waals surface area contributed by atoms with Gasteiger partial charge in [-0.3, -0.25) is 0 Å². The predicted octanol–water partition coefficient (Wildman–Crippen LogP) is 3.16. The van der Waals surface area contributed by atoms with E-state index < -0.39 is 0 Å². The van der Waals surface area contributed by atoms with Crippen LogP contribution in [0.1, 0.15) is 43.9 Å². The second kappa shape index (κ2) is 7.06. The molecule has 0 aliphatic rings. The molecule has 0 radical (unpaired) electrons. The second-order valence-electron chi connectivity index (χ2n) is 6.52. The van der Waals surface area contributed by atoms with Crippen LogP contribution >= 0.6 is 0 Å². The fourth-order valence-corrected chi connectivity index (χ4v) is 2.69. The molecule has 1 aromatic carbocycles. The summed E-state index contributed by atoms with van der Waals surface area (Å²) in [6.45, 7) is 14.1. The Labute approximate surface area is 118 Å². The number of nitrogens with one attached hydrogen (secondary N) is 1. The Bertz CT molecular complexity index is 396. The van der Waals surface area contributed by atoms with Crippen molar-refractivity contribution in [2.75, 3.05) is 19.6 Å². The lowest BCUT2D eigenvalue weighted by atomic mass is 9.81. The summed E-state index contributed by atoms with van der Waals surface area (Å²) in [7, 11) is 0. The normalized spacial score (nSPS) is 13.6. The minimum absolute atomic E-state index is 0.167. The zero-order valence-corrected chi connectivity index (χ0v) is 13.2. The molecule has 2 nitrogen and oxygen atoms in total. The van der Waals surface area contributed by atoms with Gasteiger partial charge in [0.05, 0.1) is 0 Å². The van der Waals surface area contributed by atoms with Gasteiger partial charge in [-0.05, 0) is 50.4 Å². The van der Waals surface area contributed by atoms with E-state index >= 15 is 0 Å². The second-order valence-corrected chi connectivity index (χ2v) is 6.52. The Morgan fingerprint density at radius 3 is 2.53 bits per heavy atom. The number of aryl methyl sites for hydroxylation is 2. The zero-order valence-electron chi connectivity index (χ0n) is 13.2. The van der Waals surface area contributed by atoms with Gasteiger partial charge in [0.2, 0.25) is 0 Å². The highest BCUT2D eigenvalue weighted by Crippen LogP contribution is 2.26. The first-order chi connectivity index (χ1) is 8.86. The molecule has 1 rings (SSSR count). The molecule has 108 valence electrons. The highest BCUT2D eigenvalue weighted by Gasteiger charge is 2.22. The Balaban J connectivity index is 2.60. The molecule has 0 fully saturated rings. The van der Waals surface area contributed by atoms with Gasteiger partial charge in [0.1, 0.15) is 0 Å². The molecular weight excluding hydrogens is 232 g/mol. The van der Waals surface area contributed by atoms with Gasteiger partial charge in [-0.1, -0.05) is 44.5 Å². The minimum Gasteiger partial charge on any atom is -0.330 e. The number of hydrogen-bond acceptors (Lipinski definition) is 2. The van der Waals surface area contributed by atoms with Crippen LogP contribution in [0.4, 0.5) is 0 Å². The summed E-state index contributed by atoms with van der Waals surface area (Å²) in [5.41, 5.74) is 9.92. The maximum atomic E-state index is 5.58. The van der Waals surface area contributed by atoms with E-state index in [-0.39, 0.29) is 5.41 Å². The van der Waals surface area contributed by atoms with Crippen molar-refractivity contribution in [1.82, 2.24) is 5.32 Å². The number of hydrogen-bond donors (Lipinski definition) is 2. The molecule has 1 aromatic rings. The quantitative estimate of drug-likeness (QED) is 0.792. The van der Waals surface area contributed by atoms with Gasteiger partial charge in [0, 0.05) is 12.0 Å². The highest BCUT2D eigenvalue weighted by atomic mass is 14.9. The van der Waals surface area contributed by atoms with Crippen LogP contribution < -0.4 is 11.1 Å². The van der Waals surface area contributed by atoms with E-state index in [4.69, 9.17) is 5.73 Å². The molecule has 3 N–H and O–H groups in total. The Kier molecular flexibility index (Phi) is 6.02. The van der Waals surface area contributed by atoms with Crippen LogP contribution in [-0.2, 0) is 5.41 Å². The summed E-state index contributed by atoms with van der Waals surface area (Å²) in [4.78, 5) is 0. The highest BCUT2D eigenvalue weighted by molar-refractivity contribution is 5.35. The van der Waals surface area contributed by atoms with E-state index in [1.807, 2.05) is 0 Å². The van der Waals surface area contributed by atoms with Crippen LogP contribution in [0.25, 0.3) is 0 Å². The average molecular weight is 262 g/mol. The summed E-state index contributed by atoms with van der Waals surface area (Å²) in [5.74, 6) is 0.653. The van der Waals surface area contributed by atoms with Gasteiger partial charge in [-0.25, -0.2) is 0 Å². The van der Waals surface area contributed by atoms with Gasteiger partial charge in [0.15, 0.2) is 0 Å². The lowest BCUT2D eigenvalue weighted by Crippen LogP contribution is -2.36. The molecular formula is C17H30N2. The third kappa shape index (κ3) is 4.96. The van der Waals surface area contributed by atoms with E-state index in [9.17, 15) is 0 Å². The van der Waals surface area contributed by atoms with Crippen molar-refractivity contribution in [2.45, 2.75) is 46.5 Å². The average Bonchev–Trinajstić information content (AvgIpc) is 2.28. The van der Waals surface area contributed by atoms with Gasteiger partial charge in [-0.2, -0.15) is 0 Å². The monoisotopic (exact) mass is 262 g/mol. The predicted molar refractivity (Wildman–Crippen MR) is 84.6 cm³/mol. The van der Waals surface area contributed by atoms with Crippen LogP contribution in [0.3, 0.4) is 0 Å². The van der Waals surface area contributed by atoms with Crippen molar-refractivity contribution in [3.63, 3.8) is 0 Å². The zero-order chi connectivity index (χ0) is 14.5. The molecule has 0 heterocycles. The number of benzene rings is 1. The summed E-state index contributed by atoms with van der Waals surface area (Å²) < 4.78 is 0. The smallest absolute Gasteiger partial charge is 0.00433 e. The van der Waals surface area contributed by atoms with Crippen LogP contribution in [-0.4, -0.2) is 19.6 Å². The topological polar surface area (TPSA) is 38.0 Å². The SMILES string of the molecule is Cc1ccc(C(C)(C)CNCC(C)CCN)c(C)c1. The number of rotatable bonds is 7. The van der Waals surface area contributed by atoms with Crippen molar-refractivity contribution in [3.8, 4) is 0 Å². The van der Waals surface area contributed by atoms with Gasteiger partial charge in [0.25, 0.3) is 0 Å². The molecule has 0 saturated carbocycles. The molecule has 0 aliphatic heterocycles. The van der Waals surface area contributed by atoms with Gasteiger partial charge in [-0.15, -0.1) is 0 Å². The lowest BCUT2D eigenvalue weighted by Gasteiger charge is -2.28. The molecule has 0 amide bonds. The maximum absolute atomic E-state index is 5.58. The molecule has 0 aliphatic carbocycles. The molecule has 19 heavy (non-hydrogen) atoms. The molecule has 0 aromatic heterocycles. The third-order valence-electron chi connectivity index (χ3n) is 3.83. The van der Waals surface area contributed by atoms with E-state index in [1.165, 1.54) is 16.7 Å². The fraction of sp³-hybridized carbons (Fsp3) is 0.647. The van der Waals surface area contributed by atoms with Crippen molar-refractivity contribution < 1.29 is 0 Å². The molecule has 2 heteroatoms. The first kappa shape index (κ1) is 16.2. The van der Waals surface area contributed by atoms with E-state index in [0.717, 1.165) is 26.1 Å². The summed E-state index contributed by atoms with van der Waals surface area (Å²) in [5, 5.41) is 3.60. The molecule has 0 saturated heterocycles. The van der Waals surface area contributed by atoms with E-state index in [0.29, 0.717) is 5.92 Å². The summed E-state index contributed by atoms with van der Waals surface area (Å²) >= 11 is 0. The van der Waals surface area contributed by atoms with Crippen LogP contribution in [0.15, 0.2) is 18.2 Å². The van der Waals surface area contributed by atoms with E-state index in [1.54, 1.807) is 0 Å². The third-order valence-corrected chi connectivity index (χ3v) is 3.83. The standard InChI is InChI=1S/C17H30N2/c1-13-6-7-16(15(3)10-13)17(4,5)12-19-11-14(2)8-9-18/h6-7,10,14,19H,8-9,11-12,18H2,1-5H3. The molecule has 1 unspecified atom stereocenters. The summed E-state index contributed by atoms with van der Waals surface area (Å²) in [6.07, 6.45) is 1.09. The Morgan fingerprint density at radius 1 is 1.26 bits per heavy atom. The minimum atomic E-state index is 0.167.